The van der Waals surface area contributed by atoms with Gasteiger partial charge in [-0.15, -0.1) is 0 Å². The number of hydrogen-bond acceptors (Lipinski definition) is 9. The van der Waals surface area contributed by atoms with Gasteiger partial charge in [0.1, 0.15) is 11.4 Å². The summed E-state index contributed by atoms with van der Waals surface area (Å²) in [6.07, 6.45) is 37.8. The highest BCUT2D eigenvalue weighted by Gasteiger charge is 2.19. The van der Waals surface area contributed by atoms with Crippen LogP contribution in [0.2, 0.25) is 0 Å². The maximum atomic E-state index is 12.5. The van der Waals surface area contributed by atoms with Crippen molar-refractivity contribution in [1.29, 1.82) is 0 Å². The third-order valence-corrected chi connectivity index (χ3v) is 12.8. The average molecular weight is 860 g/mol. The zero-order valence-corrected chi connectivity index (χ0v) is 40.6. The molecule has 0 radical (unpaired) electrons. The highest BCUT2D eigenvalue weighted by molar-refractivity contribution is 5.73. The van der Waals surface area contributed by atoms with Gasteiger partial charge >= 0.3 is 11.9 Å². The van der Waals surface area contributed by atoms with Gasteiger partial charge in [0, 0.05) is 26.4 Å². The van der Waals surface area contributed by atoms with Crippen LogP contribution in [0.3, 0.4) is 0 Å². The fourth-order valence-electron chi connectivity index (χ4n) is 8.70. The van der Waals surface area contributed by atoms with E-state index < -0.39 is 10.9 Å². The highest BCUT2D eigenvalue weighted by atomic mass is 16.5. The van der Waals surface area contributed by atoms with E-state index in [4.69, 9.17) is 9.47 Å². The van der Waals surface area contributed by atoms with Crippen molar-refractivity contribution in [2.75, 3.05) is 57.1 Å². The lowest BCUT2D eigenvalue weighted by atomic mass is 9.92. The molecule has 1 aromatic carbocycles. The van der Waals surface area contributed by atoms with E-state index in [2.05, 4.69) is 43.2 Å². The predicted molar refractivity (Wildman–Crippen MR) is 260 cm³/mol. The summed E-state index contributed by atoms with van der Waals surface area (Å²) in [6.45, 7) is 13.8. The van der Waals surface area contributed by atoms with Gasteiger partial charge in [-0.1, -0.05) is 182 Å². The van der Waals surface area contributed by atoms with Crippen LogP contribution in [0.15, 0.2) is 9.59 Å². The zero-order chi connectivity index (χ0) is 44.6. The number of unbranched alkanes of at least 4 members (excludes halogenated alkanes) is 18. The van der Waals surface area contributed by atoms with Gasteiger partial charge in [-0.3, -0.25) is 19.2 Å². The molecule has 0 atom stereocenters. The molecule has 0 aliphatic carbocycles. The first kappa shape index (κ1) is 56.6. The third kappa shape index (κ3) is 30.3. The minimum atomic E-state index is -0.440. The molecule has 0 unspecified atom stereocenters. The Labute approximate surface area is 375 Å². The molecule has 2 N–H and O–H groups in total. The number of nitrogens with one attached hydrogen (secondary N) is 2. The third-order valence-electron chi connectivity index (χ3n) is 12.8. The Hall–Kier alpha value is -2.42. The van der Waals surface area contributed by atoms with E-state index in [1.807, 2.05) is 0 Å². The summed E-state index contributed by atoms with van der Waals surface area (Å²) in [5.41, 5.74) is -0.0600. The van der Waals surface area contributed by atoms with Crippen molar-refractivity contribution in [1.82, 2.24) is 4.90 Å². The molecule has 0 saturated heterocycles. The first-order chi connectivity index (χ1) is 29.8. The van der Waals surface area contributed by atoms with Crippen molar-refractivity contribution in [3.05, 3.63) is 20.4 Å². The number of carbonyl (C=O) groups excluding carboxylic acids is 2. The molecule has 9 nitrogen and oxygen atoms in total. The maximum Gasteiger partial charge on any atom is 0.305 e. The Morgan fingerprint density at radius 1 is 0.459 bits per heavy atom. The summed E-state index contributed by atoms with van der Waals surface area (Å²) >= 11 is 0. The molecule has 0 bridgehead atoms. The Morgan fingerprint density at radius 2 is 0.820 bits per heavy atom. The zero-order valence-electron chi connectivity index (χ0n) is 40.6. The molecular weight excluding hydrogens is 763 g/mol. The summed E-state index contributed by atoms with van der Waals surface area (Å²) in [7, 11) is 1.67. The fraction of sp³-hybridized carbons (Fsp3) is 0.885. The largest absolute Gasteiger partial charge is 0.466 e. The molecule has 0 aliphatic heterocycles. The van der Waals surface area contributed by atoms with Crippen LogP contribution in [0, 0.1) is 11.8 Å². The van der Waals surface area contributed by atoms with Gasteiger partial charge in [-0.2, -0.15) is 0 Å². The molecule has 1 rings (SSSR count). The first-order valence-electron chi connectivity index (χ1n) is 26.1. The number of hydrogen-bond donors (Lipinski definition) is 2. The van der Waals surface area contributed by atoms with Crippen LogP contribution in [-0.2, 0) is 19.1 Å². The topological polar surface area (TPSA) is 114 Å². The van der Waals surface area contributed by atoms with Crippen molar-refractivity contribution in [3.63, 3.8) is 0 Å². The van der Waals surface area contributed by atoms with E-state index in [1.54, 1.807) is 7.05 Å². The molecule has 356 valence electrons. The standard InChI is InChI=1S/C52H97N3O6/c1-6-10-14-24-33-46(34-25-15-11-7-2)38-44-61-48(57)36-27-19-17-21-29-41-55(42-30-39-54-50-49(53-5)51(58)52(50)59)40-28-20-16-18-26-35-47(56)60-43-37-45(31-22-12-8-3)32-23-13-9-4/h45-46,53-54H,6-44H2,1-5H3. The van der Waals surface area contributed by atoms with Crippen LogP contribution in [0.1, 0.15) is 240 Å². The number of carbonyl (C=O) groups is 2. The highest BCUT2D eigenvalue weighted by Crippen LogP contribution is 2.23. The average Bonchev–Trinajstić information content (AvgIpc) is 3.26. The smallest absolute Gasteiger partial charge is 0.305 e. The molecule has 0 saturated carbocycles. The van der Waals surface area contributed by atoms with Crippen molar-refractivity contribution in [2.45, 2.75) is 240 Å². The Bertz CT molecular complexity index is 1220. The number of ether oxygens (including phenoxy) is 2. The molecule has 61 heavy (non-hydrogen) atoms. The molecule has 1 aromatic rings. The van der Waals surface area contributed by atoms with Crippen molar-refractivity contribution in [2.24, 2.45) is 11.8 Å². The Balaban J connectivity index is 2.35. The predicted octanol–water partition coefficient (Wildman–Crippen LogP) is 13.3. The number of anilines is 2. The molecular formula is C52H97N3O6. The number of esters is 2. The van der Waals surface area contributed by atoms with E-state index in [1.165, 1.54) is 116 Å². The van der Waals surface area contributed by atoms with E-state index in [0.717, 1.165) is 103 Å². The summed E-state index contributed by atoms with van der Waals surface area (Å²) < 4.78 is 11.4. The van der Waals surface area contributed by atoms with E-state index in [9.17, 15) is 19.2 Å². The van der Waals surface area contributed by atoms with Gasteiger partial charge in [0.2, 0.25) is 0 Å². The Kier molecular flexibility index (Phi) is 37.4. The lowest BCUT2D eigenvalue weighted by Gasteiger charge is -2.23. The van der Waals surface area contributed by atoms with Gasteiger partial charge in [-0.25, -0.2) is 0 Å². The minimum absolute atomic E-state index is 0.0318. The van der Waals surface area contributed by atoms with Crippen LogP contribution >= 0.6 is 0 Å². The van der Waals surface area contributed by atoms with Crippen LogP contribution in [0.4, 0.5) is 11.4 Å². The number of nitrogens with zero attached hydrogens (tertiary/aromatic N) is 1. The van der Waals surface area contributed by atoms with Gasteiger partial charge in [-0.05, 0) is 76.4 Å². The van der Waals surface area contributed by atoms with Crippen molar-refractivity contribution < 1.29 is 19.1 Å². The SMILES string of the molecule is CCCCCCC(CCCCCC)CCOC(=O)CCCCCCCN(CCCCCCCC(=O)OCCC(CCCCC)CCCCC)CCCNc1c(NC)c(=O)c1=O. The summed E-state index contributed by atoms with van der Waals surface area (Å²) in [6, 6.07) is 0. The fourth-order valence-corrected chi connectivity index (χ4v) is 8.70. The second kappa shape index (κ2) is 40.4. The summed E-state index contributed by atoms with van der Waals surface area (Å²) in [5, 5.41) is 6.02. The quantitative estimate of drug-likeness (QED) is 0.0376. The van der Waals surface area contributed by atoms with E-state index in [0.29, 0.717) is 55.8 Å². The molecule has 0 fully saturated rings. The molecule has 0 amide bonds. The van der Waals surface area contributed by atoms with E-state index in [-0.39, 0.29) is 11.9 Å². The van der Waals surface area contributed by atoms with E-state index >= 15 is 0 Å². The van der Waals surface area contributed by atoms with Crippen LogP contribution < -0.4 is 21.5 Å². The van der Waals surface area contributed by atoms with Gasteiger partial charge in [0.25, 0.3) is 10.9 Å². The first-order valence-corrected chi connectivity index (χ1v) is 26.1. The molecule has 0 aromatic heterocycles. The molecule has 0 spiro atoms. The van der Waals surface area contributed by atoms with Crippen LogP contribution in [-0.4, -0.2) is 63.3 Å². The lowest BCUT2D eigenvalue weighted by Crippen LogP contribution is -2.37. The summed E-state index contributed by atoms with van der Waals surface area (Å²) in [4.78, 5) is 51.2. The minimum Gasteiger partial charge on any atom is -0.466 e. The number of rotatable bonds is 46. The van der Waals surface area contributed by atoms with Crippen molar-refractivity contribution >= 4 is 23.3 Å². The Morgan fingerprint density at radius 3 is 1.26 bits per heavy atom. The van der Waals surface area contributed by atoms with Gasteiger partial charge < -0.3 is 25.0 Å². The molecule has 0 heterocycles. The molecule has 9 heteroatoms. The van der Waals surface area contributed by atoms with Crippen LogP contribution in [0.25, 0.3) is 0 Å². The van der Waals surface area contributed by atoms with Crippen molar-refractivity contribution in [3.8, 4) is 0 Å². The normalized spacial score (nSPS) is 11.7. The second-order valence-corrected chi connectivity index (χ2v) is 18.3. The second-order valence-electron chi connectivity index (χ2n) is 18.3. The monoisotopic (exact) mass is 860 g/mol. The maximum absolute atomic E-state index is 12.5. The molecule has 0 aliphatic rings. The van der Waals surface area contributed by atoms with Gasteiger partial charge in [0.05, 0.1) is 13.2 Å². The van der Waals surface area contributed by atoms with Gasteiger partial charge in [0.15, 0.2) is 0 Å². The lowest BCUT2D eigenvalue weighted by molar-refractivity contribution is -0.145. The summed E-state index contributed by atoms with van der Waals surface area (Å²) in [5.74, 6) is 1.31. The van der Waals surface area contributed by atoms with Crippen LogP contribution in [0.5, 0.6) is 0 Å².